The standard InChI is InChI=1S/C19H16Cl2F3N3O2.ClH/c1-10-4-11(2-3-15(10)17(28)26-9-25)16-8-18(29-27-16,19(22,23)24)12-5-13(20)7-14(21)6-12;/h2-7H,8-9,25H2,1H3,(H,26,28);1H. The third-order valence-electron chi connectivity index (χ3n) is 4.58. The zero-order chi connectivity index (χ0) is 21.4. The van der Waals surface area contributed by atoms with Gasteiger partial charge in [0, 0.05) is 27.6 Å². The number of halogens is 6. The van der Waals surface area contributed by atoms with E-state index in [1.165, 1.54) is 18.2 Å². The first-order valence-electron chi connectivity index (χ1n) is 8.45. The fourth-order valence-electron chi connectivity index (χ4n) is 3.13. The first-order valence-corrected chi connectivity index (χ1v) is 9.20. The average molecular weight is 483 g/mol. The van der Waals surface area contributed by atoms with Gasteiger partial charge in [0.2, 0.25) is 0 Å². The lowest BCUT2D eigenvalue weighted by atomic mass is 9.86. The minimum absolute atomic E-state index is 0. The van der Waals surface area contributed by atoms with Gasteiger partial charge in [-0.15, -0.1) is 12.4 Å². The van der Waals surface area contributed by atoms with E-state index in [0.29, 0.717) is 16.7 Å². The number of amides is 1. The van der Waals surface area contributed by atoms with Crippen molar-refractivity contribution in [3.05, 3.63) is 68.7 Å². The second-order valence-corrected chi connectivity index (χ2v) is 7.40. The number of oxime groups is 1. The van der Waals surface area contributed by atoms with Gasteiger partial charge in [-0.05, 0) is 48.4 Å². The van der Waals surface area contributed by atoms with Crippen LogP contribution in [0.25, 0.3) is 0 Å². The Morgan fingerprint density at radius 3 is 2.40 bits per heavy atom. The summed E-state index contributed by atoms with van der Waals surface area (Å²) in [6, 6.07) is 8.24. The molecule has 1 aliphatic rings. The highest BCUT2D eigenvalue weighted by Gasteiger charge is 2.62. The molecule has 0 saturated heterocycles. The highest BCUT2D eigenvalue weighted by molar-refractivity contribution is 6.34. The number of aryl methyl sites for hydroxylation is 1. The topological polar surface area (TPSA) is 76.7 Å². The van der Waals surface area contributed by atoms with Crippen LogP contribution in [0.15, 0.2) is 41.6 Å². The van der Waals surface area contributed by atoms with Crippen molar-refractivity contribution in [1.29, 1.82) is 0 Å². The number of rotatable bonds is 4. The summed E-state index contributed by atoms with van der Waals surface area (Å²) in [4.78, 5) is 16.9. The summed E-state index contributed by atoms with van der Waals surface area (Å²) >= 11 is 11.8. The van der Waals surface area contributed by atoms with E-state index in [-0.39, 0.29) is 46.3 Å². The van der Waals surface area contributed by atoms with Gasteiger partial charge in [0.15, 0.2) is 0 Å². The fourth-order valence-corrected chi connectivity index (χ4v) is 3.66. The summed E-state index contributed by atoms with van der Waals surface area (Å²) < 4.78 is 42.1. The number of nitrogens with two attached hydrogens (primary N) is 1. The van der Waals surface area contributed by atoms with Gasteiger partial charge in [-0.25, -0.2) is 0 Å². The van der Waals surface area contributed by atoms with Gasteiger partial charge in [0.1, 0.15) is 0 Å². The third kappa shape index (κ3) is 4.51. The molecule has 0 saturated carbocycles. The van der Waals surface area contributed by atoms with Crippen molar-refractivity contribution >= 4 is 47.2 Å². The molecule has 0 spiro atoms. The summed E-state index contributed by atoms with van der Waals surface area (Å²) in [5.41, 5.74) is 3.78. The maximum absolute atomic E-state index is 14.0. The molecule has 1 unspecified atom stereocenters. The molecular formula is C19H17Cl3F3N3O2. The van der Waals surface area contributed by atoms with E-state index in [4.69, 9.17) is 33.8 Å². The zero-order valence-electron chi connectivity index (χ0n) is 15.5. The van der Waals surface area contributed by atoms with Crippen LogP contribution in [0.1, 0.15) is 33.5 Å². The smallest absolute Gasteiger partial charge is 0.374 e. The molecule has 0 aromatic heterocycles. The van der Waals surface area contributed by atoms with E-state index >= 15 is 0 Å². The predicted octanol–water partition coefficient (Wildman–Crippen LogP) is 4.95. The Balaban J connectivity index is 0.00000320. The number of benzene rings is 2. The summed E-state index contributed by atoms with van der Waals surface area (Å²) in [7, 11) is 0. The van der Waals surface area contributed by atoms with E-state index in [9.17, 15) is 18.0 Å². The van der Waals surface area contributed by atoms with Crippen LogP contribution >= 0.6 is 35.6 Å². The molecule has 2 aromatic carbocycles. The van der Waals surface area contributed by atoms with Crippen molar-refractivity contribution in [1.82, 2.24) is 5.32 Å². The molecule has 3 N–H and O–H groups in total. The van der Waals surface area contributed by atoms with E-state index in [2.05, 4.69) is 10.5 Å². The molecule has 30 heavy (non-hydrogen) atoms. The molecule has 1 heterocycles. The second kappa shape index (κ2) is 9.01. The van der Waals surface area contributed by atoms with Crippen molar-refractivity contribution in [3.63, 3.8) is 0 Å². The lowest BCUT2D eigenvalue weighted by Crippen LogP contribution is -2.42. The molecule has 0 aliphatic carbocycles. The predicted molar refractivity (Wildman–Crippen MR) is 111 cm³/mol. The van der Waals surface area contributed by atoms with Crippen LogP contribution in [-0.2, 0) is 10.4 Å². The Bertz CT molecular complexity index is 978. The molecule has 1 amide bonds. The molecule has 0 bridgehead atoms. The van der Waals surface area contributed by atoms with Crippen LogP contribution in [0.2, 0.25) is 10.0 Å². The Kier molecular flexibility index (Phi) is 7.29. The van der Waals surface area contributed by atoms with Gasteiger partial charge in [0.25, 0.3) is 11.5 Å². The molecule has 1 aliphatic heterocycles. The first kappa shape index (κ1) is 24.3. The van der Waals surface area contributed by atoms with Crippen LogP contribution in [0, 0.1) is 6.92 Å². The van der Waals surface area contributed by atoms with Crippen LogP contribution in [0.4, 0.5) is 13.2 Å². The molecule has 5 nitrogen and oxygen atoms in total. The number of nitrogens with one attached hydrogen (secondary N) is 1. The van der Waals surface area contributed by atoms with Gasteiger partial charge in [-0.3, -0.25) is 4.79 Å². The van der Waals surface area contributed by atoms with Gasteiger partial charge >= 0.3 is 6.18 Å². The fraction of sp³-hybridized carbons (Fsp3) is 0.263. The lowest BCUT2D eigenvalue weighted by Gasteiger charge is -2.29. The average Bonchev–Trinajstić information content (AvgIpc) is 3.07. The Morgan fingerprint density at radius 2 is 1.87 bits per heavy atom. The van der Waals surface area contributed by atoms with Crippen LogP contribution < -0.4 is 11.1 Å². The van der Waals surface area contributed by atoms with Gasteiger partial charge < -0.3 is 15.9 Å². The van der Waals surface area contributed by atoms with Crippen molar-refractivity contribution < 1.29 is 22.8 Å². The molecule has 0 radical (unpaired) electrons. The molecule has 0 fully saturated rings. The highest BCUT2D eigenvalue weighted by Crippen LogP contribution is 2.49. The van der Waals surface area contributed by atoms with Gasteiger partial charge in [-0.1, -0.05) is 34.4 Å². The largest absolute Gasteiger partial charge is 0.435 e. The monoisotopic (exact) mass is 481 g/mol. The van der Waals surface area contributed by atoms with Crippen LogP contribution in [0.3, 0.4) is 0 Å². The summed E-state index contributed by atoms with van der Waals surface area (Å²) in [6.07, 6.45) is -5.34. The lowest BCUT2D eigenvalue weighted by molar-refractivity contribution is -0.275. The van der Waals surface area contributed by atoms with Crippen LogP contribution in [-0.4, -0.2) is 24.5 Å². The minimum Gasteiger partial charge on any atom is -0.374 e. The van der Waals surface area contributed by atoms with Crippen molar-refractivity contribution in [2.75, 3.05) is 6.67 Å². The van der Waals surface area contributed by atoms with Gasteiger partial charge in [-0.2, -0.15) is 13.2 Å². The molecule has 2 aromatic rings. The summed E-state index contributed by atoms with van der Waals surface area (Å²) in [6.45, 7) is 1.63. The quantitative estimate of drug-likeness (QED) is 0.605. The number of alkyl halides is 3. The second-order valence-electron chi connectivity index (χ2n) is 6.53. The molecule has 11 heteroatoms. The van der Waals surface area contributed by atoms with E-state index in [1.807, 2.05) is 0 Å². The summed E-state index contributed by atoms with van der Waals surface area (Å²) in [5, 5.41) is 6.28. The molecule has 162 valence electrons. The normalized spacial score (nSPS) is 18.3. The van der Waals surface area contributed by atoms with E-state index < -0.39 is 18.2 Å². The number of carbonyl (C=O) groups excluding carboxylic acids is 1. The number of carbonyl (C=O) groups is 1. The number of hydrogen-bond acceptors (Lipinski definition) is 4. The van der Waals surface area contributed by atoms with Gasteiger partial charge in [0.05, 0.1) is 12.4 Å². The van der Waals surface area contributed by atoms with Crippen molar-refractivity contribution in [2.45, 2.75) is 25.1 Å². The molecule has 3 rings (SSSR count). The maximum atomic E-state index is 14.0. The first-order chi connectivity index (χ1) is 13.6. The Morgan fingerprint density at radius 1 is 1.23 bits per heavy atom. The molecule has 1 atom stereocenters. The third-order valence-corrected chi connectivity index (χ3v) is 5.02. The Hall–Kier alpha value is -2.00. The minimum atomic E-state index is -4.78. The van der Waals surface area contributed by atoms with Crippen molar-refractivity contribution in [3.8, 4) is 0 Å². The van der Waals surface area contributed by atoms with E-state index in [1.54, 1.807) is 13.0 Å². The maximum Gasteiger partial charge on any atom is 0.435 e. The van der Waals surface area contributed by atoms with E-state index in [0.717, 1.165) is 12.1 Å². The Labute approximate surface area is 186 Å². The SMILES string of the molecule is Cc1cc(C2=NOC(c3cc(Cl)cc(Cl)c3)(C(F)(F)F)C2)ccc1C(=O)NCN.Cl. The highest BCUT2D eigenvalue weighted by atomic mass is 35.5. The van der Waals surface area contributed by atoms with Crippen molar-refractivity contribution in [2.24, 2.45) is 10.9 Å². The number of nitrogens with zero attached hydrogens (tertiary/aromatic N) is 1. The summed E-state index contributed by atoms with van der Waals surface area (Å²) in [5.74, 6) is -0.376. The number of hydrogen-bond donors (Lipinski definition) is 2. The van der Waals surface area contributed by atoms with Crippen LogP contribution in [0.5, 0.6) is 0 Å². The zero-order valence-corrected chi connectivity index (χ0v) is 17.8. The molecular weight excluding hydrogens is 466 g/mol.